The van der Waals surface area contributed by atoms with Crippen LogP contribution in [0.25, 0.3) is 0 Å². The van der Waals surface area contributed by atoms with Crippen molar-refractivity contribution in [3.8, 4) is 0 Å². The first-order chi connectivity index (χ1) is 7.04. The zero-order chi connectivity index (χ0) is 11.4. The summed E-state index contributed by atoms with van der Waals surface area (Å²) in [6.07, 6.45) is -0.708. The molecule has 0 saturated heterocycles. The Morgan fingerprint density at radius 1 is 1.47 bits per heavy atom. The van der Waals surface area contributed by atoms with E-state index in [9.17, 15) is 5.11 Å². The summed E-state index contributed by atoms with van der Waals surface area (Å²) in [6.45, 7) is 5.99. The van der Waals surface area contributed by atoms with E-state index in [1.54, 1.807) is 0 Å². The molecule has 15 heavy (non-hydrogen) atoms. The van der Waals surface area contributed by atoms with Crippen molar-refractivity contribution in [2.24, 2.45) is 0 Å². The summed E-state index contributed by atoms with van der Waals surface area (Å²) < 4.78 is 5.42. The van der Waals surface area contributed by atoms with Gasteiger partial charge >= 0.3 is 0 Å². The smallest absolute Gasteiger partial charge is 0.105 e. The SMILES string of the molecule is Cc1cc(C(C)NC[C@H](O)CO)c(C)o1. The molecule has 1 aromatic rings. The summed E-state index contributed by atoms with van der Waals surface area (Å²) in [7, 11) is 0. The molecule has 0 bridgehead atoms. The average Bonchev–Trinajstić information content (AvgIpc) is 2.53. The number of furan rings is 1. The fraction of sp³-hybridized carbons (Fsp3) is 0.636. The summed E-state index contributed by atoms with van der Waals surface area (Å²) in [5.41, 5.74) is 1.10. The van der Waals surface area contributed by atoms with Gasteiger partial charge in [0.05, 0.1) is 12.7 Å². The van der Waals surface area contributed by atoms with E-state index in [4.69, 9.17) is 9.52 Å². The average molecular weight is 213 g/mol. The quantitative estimate of drug-likeness (QED) is 0.680. The van der Waals surface area contributed by atoms with Crippen LogP contribution in [0.4, 0.5) is 0 Å². The van der Waals surface area contributed by atoms with E-state index < -0.39 is 6.10 Å². The fourth-order valence-electron chi connectivity index (χ4n) is 1.57. The van der Waals surface area contributed by atoms with Crippen LogP contribution >= 0.6 is 0 Å². The Labute approximate surface area is 89.9 Å². The molecule has 4 nitrogen and oxygen atoms in total. The van der Waals surface area contributed by atoms with Crippen LogP contribution in [0.2, 0.25) is 0 Å². The summed E-state index contributed by atoms with van der Waals surface area (Å²) in [4.78, 5) is 0. The number of hydrogen-bond donors (Lipinski definition) is 3. The molecule has 4 heteroatoms. The van der Waals surface area contributed by atoms with Gasteiger partial charge in [0, 0.05) is 18.2 Å². The highest BCUT2D eigenvalue weighted by atomic mass is 16.3. The molecule has 3 N–H and O–H groups in total. The normalized spacial score (nSPS) is 15.3. The van der Waals surface area contributed by atoms with Gasteiger partial charge in [-0.3, -0.25) is 0 Å². The second-order valence-corrected chi connectivity index (χ2v) is 3.83. The molecule has 1 rings (SSSR count). The standard InChI is InChI=1S/C11H19NO3/c1-7-4-11(9(3)15-7)8(2)12-5-10(14)6-13/h4,8,10,12-14H,5-6H2,1-3H3/t8?,10-/m0/s1. The minimum absolute atomic E-state index is 0.114. The lowest BCUT2D eigenvalue weighted by Crippen LogP contribution is -2.31. The number of hydrogen-bond acceptors (Lipinski definition) is 4. The number of aryl methyl sites for hydroxylation is 2. The fourth-order valence-corrected chi connectivity index (χ4v) is 1.57. The molecular formula is C11H19NO3. The first-order valence-electron chi connectivity index (χ1n) is 5.13. The van der Waals surface area contributed by atoms with Gasteiger partial charge < -0.3 is 19.9 Å². The summed E-state index contributed by atoms with van der Waals surface area (Å²) in [5.74, 6) is 1.78. The van der Waals surface area contributed by atoms with Gasteiger partial charge in [-0.1, -0.05) is 0 Å². The van der Waals surface area contributed by atoms with E-state index in [0.29, 0.717) is 6.54 Å². The Morgan fingerprint density at radius 2 is 2.13 bits per heavy atom. The zero-order valence-electron chi connectivity index (χ0n) is 9.45. The third kappa shape index (κ3) is 3.34. The van der Waals surface area contributed by atoms with Crippen LogP contribution in [0, 0.1) is 13.8 Å². The van der Waals surface area contributed by atoms with Gasteiger partial charge in [0.15, 0.2) is 0 Å². The second kappa shape index (κ2) is 5.30. The van der Waals surface area contributed by atoms with Crippen molar-refractivity contribution in [3.05, 3.63) is 23.2 Å². The lowest BCUT2D eigenvalue weighted by Gasteiger charge is -2.15. The molecule has 0 spiro atoms. The van der Waals surface area contributed by atoms with E-state index in [0.717, 1.165) is 17.1 Å². The largest absolute Gasteiger partial charge is 0.466 e. The first-order valence-corrected chi connectivity index (χ1v) is 5.13. The summed E-state index contributed by atoms with van der Waals surface area (Å²) in [5, 5.41) is 21.0. The Morgan fingerprint density at radius 3 is 2.60 bits per heavy atom. The Hall–Kier alpha value is -0.840. The molecule has 1 aromatic heterocycles. The molecule has 0 aliphatic rings. The van der Waals surface area contributed by atoms with Crippen molar-refractivity contribution in [2.45, 2.75) is 32.9 Å². The Balaban J connectivity index is 2.53. The molecule has 0 aliphatic carbocycles. The third-order valence-corrected chi connectivity index (χ3v) is 2.42. The van der Waals surface area contributed by atoms with Crippen LogP contribution in [-0.4, -0.2) is 29.5 Å². The van der Waals surface area contributed by atoms with Gasteiger partial charge in [-0.15, -0.1) is 0 Å². The highest BCUT2D eigenvalue weighted by Gasteiger charge is 2.13. The zero-order valence-corrected chi connectivity index (χ0v) is 9.45. The van der Waals surface area contributed by atoms with Crippen LogP contribution in [0.1, 0.15) is 30.0 Å². The van der Waals surface area contributed by atoms with E-state index in [1.807, 2.05) is 26.8 Å². The lowest BCUT2D eigenvalue weighted by atomic mass is 10.1. The van der Waals surface area contributed by atoms with E-state index >= 15 is 0 Å². The van der Waals surface area contributed by atoms with E-state index in [1.165, 1.54) is 0 Å². The van der Waals surface area contributed by atoms with Gasteiger partial charge in [-0.05, 0) is 26.8 Å². The topological polar surface area (TPSA) is 65.6 Å². The molecule has 1 heterocycles. The summed E-state index contributed by atoms with van der Waals surface area (Å²) >= 11 is 0. The molecule has 0 aromatic carbocycles. The van der Waals surface area contributed by atoms with Crippen LogP contribution in [0.15, 0.2) is 10.5 Å². The van der Waals surface area contributed by atoms with Crippen LogP contribution in [0.5, 0.6) is 0 Å². The Bertz CT molecular complexity index is 309. The maximum atomic E-state index is 9.19. The van der Waals surface area contributed by atoms with Crippen molar-refractivity contribution in [1.29, 1.82) is 0 Å². The molecule has 1 unspecified atom stereocenters. The van der Waals surface area contributed by atoms with Gasteiger partial charge in [0.2, 0.25) is 0 Å². The molecule has 0 fully saturated rings. The molecule has 0 saturated carbocycles. The molecular weight excluding hydrogens is 194 g/mol. The van der Waals surface area contributed by atoms with Crippen molar-refractivity contribution in [1.82, 2.24) is 5.32 Å². The highest BCUT2D eigenvalue weighted by molar-refractivity contribution is 5.23. The van der Waals surface area contributed by atoms with Crippen LogP contribution in [-0.2, 0) is 0 Å². The van der Waals surface area contributed by atoms with Crippen molar-refractivity contribution in [3.63, 3.8) is 0 Å². The van der Waals surface area contributed by atoms with E-state index in [2.05, 4.69) is 5.32 Å². The second-order valence-electron chi connectivity index (χ2n) is 3.83. The van der Waals surface area contributed by atoms with Gasteiger partial charge in [-0.25, -0.2) is 0 Å². The third-order valence-electron chi connectivity index (χ3n) is 2.42. The van der Waals surface area contributed by atoms with Crippen LogP contribution in [0.3, 0.4) is 0 Å². The van der Waals surface area contributed by atoms with Crippen molar-refractivity contribution < 1.29 is 14.6 Å². The number of nitrogens with one attached hydrogen (secondary N) is 1. The van der Waals surface area contributed by atoms with Crippen molar-refractivity contribution >= 4 is 0 Å². The minimum atomic E-state index is -0.708. The van der Waals surface area contributed by atoms with E-state index in [-0.39, 0.29) is 12.6 Å². The lowest BCUT2D eigenvalue weighted by molar-refractivity contribution is 0.0923. The molecule has 0 amide bonds. The maximum Gasteiger partial charge on any atom is 0.105 e. The molecule has 0 aliphatic heterocycles. The Kier molecular flexibility index (Phi) is 4.32. The number of aliphatic hydroxyl groups excluding tert-OH is 2. The van der Waals surface area contributed by atoms with Gasteiger partial charge in [0.25, 0.3) is 0 Å². The predicted molar refractivity (Wildman–Crippen MR) is 57.7 cm³/mol. The minimum Gasteiger partial charge on any atom is -0.466 e. The first kappa shape index (κ1) is 12.2. The molecule has 86 valence electrons. The van der Waals surface area contributed by atoms with Gasteiger partial charge in [0.1, 0.15) is 11.5 Å². The molecule has 0 radical (unpaired) electrons. The maximum absolute atomic E-state index is 9.19. The number of aliphatic hydroxyl groups is 2. The monoisotopic (exact) mass is 213 g/mol. The van der Waals surface area contributed by atoms with Crippen LogP contribution < -0.4 is 5.32 Å². The molecule has 2 atom stereocenters. The number of rotatable bonds is 5. The highest BCUT2D eigenvalue weighted by Crippen LogP contribution is 2.20. The van der Waals surface area contributed by atoms with Gasteiger partial charge in [-0.2, -0.15) is 0 Å². The predicted octanol–water partition coefficient (Wildman–Crippen LogP) is 0.900. The van der Waals surface area contributed by atoms with Crippen molar-refractivity contribution in [2.75, 3.05) is 13.2 Å². The summed E-state index contributed by atoms with van der Waals surface area (Å²) in [6, 6.07) is 2.10.